The van der Waals surface area contributed by atoms with E-state index in [-0.39, 0.29) is 11.3 Å². The van der Waals surface area contributed by atoms with Crippen LogP contribution in [0.2, 0.25) is 0 Å². The Bertz CT molecular complexity index is 636. The van der Waals surface area contributed by atoms with E-state index in [0.717, 1.165) is 6.42 Å². The molecule has 21 heavy (non-hydrogen) atoms. The van der Waals surface area contributed by atoms with Gasteiger partial charge >= 0.3 is 0 Å². The van der Waals surface area contributed by atoms with Crippen LogP contribution in [-0.4, -0.2) is 5.78 Å². The Balaban J connectivity index is 2.28. The standard InChI is InChI=1S/C18H20FNO/c1-11(2)8-13-4-6-14(7-5-13)18(21)15-9-16(19)12(3)17(20)10-15/h4-7,9-11H,8,20H2,1-3H3. The molecule has 0 aliphatic rings. The van der Waals surface area contributed by atoms with Gasteiger partial charge in [-0.3, -0.25) is 4.79 Å². The van der Waals surface area contributed by atoms with Gasteiger partial charge < -0.3 is 5.73 Å². The van der Waals surface area contributed by atoms with Crippen LogP contribution >= 0.6 is 0 Å². The van der Waals surface area contributed by atoms with Gasteiger partial charge in [0.15, 0.2) is 5.78 Å². The Hall–Kier alpha value is -2.16. The second kappa shape index (κ2) is 6.08. The van der Waals surface area contributed by atoms with Crippen molar-refractivity contribution in [2.45, 2.75) is 27.2 Å². The third-order valence-electron chi connectivity index (χ3n) is 3.51. The zero-order valence-electron chi connectivity index (χ0n) is 12.6. The second-order valence-electron chi connectivity index (χ2n) is 5.80. The largest absolute Gasteiger partial charge is 0.398 e. The molecule has 0 aromatic heterocycles. The lowest BCUT2D eigenvalue weighted by Gasteiger charge is -2.08. The van der Waals surface area contributed by atoms with Crippen molar-refractivity contribution >= 4 is 11.5 Å². The average molecular weight is 285 g/mol. The molecular weight excluding hydrogens is 265 g/mol. The Kier molecular flexibility index (Phi) is 4.41. The van der Waals surface area contributed by atoms with Crippen LogP contribution < -0.4 is 5.73 Å². The summed E-state index contributed by atoms with van der Waals surface area (Å²) < 4.78 is 13.7. The Labute approximate surface area is 124 Å². The van der Waals surface area contributed by atoms with Gasteiger partial charge in [-0.05, 0) is 37.0 Å². The van der Waals surface area contributed by atoms with Crippen molar-refractivity contribution in [2.24, 2.45) is 5.92 Å². The van der Waals surface area contributed by atoms with Crippen LogP contribution in [-0.2, 0) is 6.42 Å². The smallest absolute Gasteiger partial charge is 0.193 e. The van der Waals surface area contributed by atoms with Crippen LogP contribution in [0.5, 0.6) is 0 Å². The molecule has 0 atom stereocenters. The van der Waals surface area contributed by atoms with Crippen molar-refractivity contribution in [3.63, 3.8) is 0 Å². The highest BCUT2D eigenvalue weighted by atomic mass is 19.1. The Morgan fingerprint density at radius 2 is 1.76 bits per heavy atom. The van der Waals surface area contributed by atoms with E-state index in [1.165, 1.54) is 17.7 Å². The predicted octanol–water partition coefficient (Wildman–Crippen LogP) is 4.15. The number of anilines is 1. The number of halogens is 1. The molecule has 2 N–H and O–H groups in total. The highest BCUT2D eigenvalue weighted by Crippen LogP contribution is 2.20. The van der Waals surface area contributed by atoms with Crippen LogP contribution in [0.1, 0.15) is 40.9 Å². The molecule has 2 aromatic rings. The van der Waals surface area contributed by atoms with Crippen LogP contribution in [0.3, 0.4) is 0 Å². The third kappa shape index (κ3) is 3.48. The third-order valence-corrected chi connectivity index (χ3v) is 3.51. The monoisotopic (exact) mass is 285 g/mol. The van der Waals surface area contributed by atoms with E-state index < -0.39 is 5.82 Å². The number of nitrogens with two attached hydrogens (primary N) is 1. The summed E-state index contributed by atoms with van der Waals surface area (Å²) in [7, 11) is 0. The lowest BCUT2D eigenvalue weighted by molar-refractivity contribution is 0.103. The fraction of sp³-hybridized carbons (Fsp3) is 0.278. The van der Waals surface area contributed by atoms with Crippen molar-refractivity contribution in [3.8, 4) is 0 Å². The Morgan fingerprint density at radius 3 is 2.29 bits per heavy atom. The number of rotatable bonds is 4. The molecule has 2 rings (SSSR count). The summed E-state index contributed by atoms with van der Waals surface area (Å²) in [5.41, 5.74) is 8.42. The number of benzene rings is 2. The van der Waals surface area contributed by atoms with Gasteiger partial charge in [0.1, 0.15) is 5.82 Å². The van der Waals surface area contributed by atoms with Crippen molar-refractivity contribution in [1.29, 1.82) is 0 Å². The second-order valence-corrected chi connectivity index (χ2v) is 5.80. The van der Waals surface area contributed by atoms with Gasteiger partial charge in [-0.2, -0.15) is 0 Å². The van der Waals surface area contributed by atoms with Crippen molar-refractivity contribution in [1.82, 2.24) is 0 Å². The summed E-state index contributed by atoms with van der Waals surface area (Å²) in [5, 5.41) is 0. The van der Waals surface area contributed by atoms with E-state index in [4.69, 9.17) is 5.73 Å². The minimum atomic E-state index is -0.449. The highest BCUT2D eigenvalue weighted by Gasteiger charge is 2.13. The van der Waals surface area contributed by atoms with E-state index in [0.29, 0.717) is 22.7 Å². The molecule has 0 heterocycles. The van der Waals surface area contributed by atoms with Gasteiger partial charge in [-0.25, -0.2) is 4.39 Å². The van der Waals surface area contributed by atoms with Crippen LogP contribution in [0, 0.1) is 18.7 Å². The molecular formula is C18H20FNO. The first kappa shape index (κ1) is 15.2. The summed E-state index contributed by atoms with van der Waals surface area (Å²) in [6.45, 7) is 5.90. The topological polar surface area (TPSA) is 43.1 Å². The quantitative estimate of drug-likeness (QED) is 0.677. The van der Waals surface area contributed by atoms with Gasteiger partial charge in [0.05, 0.1) is 0 Å². The summed E-state index contributed by atoms with van der Waals surface area (Å²) in [5.74, 6) is -0.0935. The summed E-state index contributed by atoms with van der Waals surface area (Å²) in [6, 6.07) is 10.2. The normalized spacial score (nSPS) is 10.9. The molecule has 0 amide bonds. The maximum atomic E-state index is 13.7. The molecule has 0 radical (unpaired) electrons. The first-order chi connectivity index (χ1) is 9.88. The fourth-order valence-electron chi connectivity index (χ4n) is 2.26. The number of nitrogen functional groups attached to an aromatic ring is 1. The summed E-state index contributed by atoms with van der Waals surface area (Å²) in [4.78, 5) is 12.4. The van der Waals surface area contributed by atoms with E-state index in [1.807, 2.05) is 12.1 Å². The number of hydrogen-bond acceptors (Lipinski definition) is 2. The highest BCUT2D eigenvalue weighted by molar-refractivity contribution is 6.09. The molecule has 2 nitrogen and oxygen atoms in total. The van der Waals surface area contributed by atoms with Crippen molar-refractivity contribution in [3.05, 3.63) is 64.5 Å². The molecule has 0 fully saturated rings. The SMILES string of the molecule is Cc1c(N)cc(C(=O)c2ccc(CC(C)C)cc2)cc1F. The zero-order valence-corrected chi connectivity index (χ0v) is 12.6. The maximum absolute atomic E-state index is 13.7. The molecule has 0 spiro atoms. The number of carbonyl (C=O) groups excluding carboxylic acids is 1. The molecule has 0 unspecified atom stereocenters. The lowest BCUT2D eigenvalue weighted by Crippen LogP contribution is -2.05. The van der Waals surface area contributed by atoms with E-state index in [9.17, 15) is 9.18 Å². The van der Waals surface area contributed by atoms with Crippen molar-refractivity contribution in [2.75, 3.05) is 5.73 Å². The average Bonchev–Trinajstić information content (AvgIpc) is 2.43. The van der Waals surface area contributed by atoms with Gasteiger partial charge in [0.25, 0.3) is 0 Å². The van der Waals surface area contributed by atoms with E-state index in [2.05, 4.69) is 13.8 Å². The summed E-state index contributed by atoms with van der Waals surface area (Å²) in [6.07, 6.45) is 0.973. The van der Waals surface area contributed by atoms with Gasteiger partial charge in [0, 0.05) is 22.4 Å². The van der Waals surface area contributed by atoms with Gasteiger partial charge in [-0.1, -0.05) is 38.1 Å². The lowest BCUT2D eigenvalue weighted by atomic mass is 9.97. The van der Waals surface area contributed by atoms with Crippen molar-refractivity contribution < 1.29 is 9.18 Å². The molecule has 0 bridgehead atoms. The van der Waals surface area contributed by atoms with Gasteiger partial charge in [0.2, 0.25) is 0 Å². The first-order valence-electron chi connectivity index (χ1n) is 7.07. The molecule has 2 aromatic carbocycles. The molecule has 0 saturated heterocycles. The van der Waals surface area contributed by atoms with Crippen LogP contribution in [0.4, 0.5) is 10.1 Å². The van der Waals surface area contributed by atoms with Gasteiger partial charge in [-0.15, -0.1) is 0 Å². The maximum Gasteiger partial charge on any atom is 0.193 e. The predicted molar refractivity (Wildman–Crippen MR) is 84.0 cm³/mol. The first-order valence-corrected chi connectivity index (χ1v) is 7.07. The molecule has 110 valence electrons. The molecule has 0 saturated carbocycles. The molecule has 0 aliphatic heterocycles. The number of carbonyl (C=O) groups is 1. The van der Waals surface area contributed by atoms with E-state index in [1.54, 1.807) is 19.1 Å². The molecule has 0 aliphatic carbocycles. The number of hydrogen-bond donors (Lipinski definition) is 1. The summed E-state index contributed by atoms with van der Waals surface area (Å²) >= 11 is 0. The number of ketones is 1. The minimum Gasteiger partial charge on any atom is -0.398 e. The van der Waals surface area contributed by atoms with Crippen LogP contribution in [0.25, 0.3) is 0 Å². The molecule has 3 heteroatoms. The Morgan fingerprint density at radius 1 is 1.14 bits per heavy atom. The van der Waals surface area contributed by atoms with E-state index >= 15 is 0 Å². The van der Waals surface area contributed by atoms with Crippen LogP contribution in [0.15, 0.2) is 36.4 Å². The fourth-order valence-corrected chi connectivity index (χ4v) is 2.26. The zero-order chi connectivity index (χ0) is 15.6. The minimum absolute atomic E-state index is 0.211.